The lowest BCUT2D eigenvalue weighted by Gasteiger charge is -2.10. The first-order valence-corrected chi connectivity index (χ1v) is 13.5. The lowest BCUT2D eigenvalue weighted by molar-refractivity contribution is -0.387. The number of imidazole rings is 1. The maximum atomic E-state index is 12.9. The van der Waals surface area contributed by atoms with Crippen molar-refractivity contribution in [2.45, 2.75) is 16.3 Å². The van der Waals surface area contributed by atoms with Crippen LogP contribution in [0.5, 0.6) is 0 Å². The Hall–Kier alpha value is -4.01. The fraction of sp³-hybridized carbons (Fsp3) is 0.174. The molecule has 0 unspecified atom stereocenters. The predicted molar refractivity (Wildman–Crippen MR) is 138 cm³/mol. The van der Waals surface area contributed by atoms with Gasteiger partial charge >= 0.3 is 0 Å². The van der Waals surface area contributed by atoms with Crippen molar-refractivity contribution in [3.05, 3.63) is 77.0 Å². The highest BCUT2D eigenvalue weighted by Crippen LogP contribution is 2.28. The van der Waals surface area contributed by atoms with Crippen molar-refractivity contribution >= 4 is 44.7 Å². The lowest BCUT2D eigenvalue weighted by atomic mass is 10.1. The number of amides is 1. The average Bonchev–Trinajstić information content (AvgIpc) is 3.31. The summed E-state index contributed by atoms with van der Waals surface area (Å²) in [4.78, 5) is 26.4. The lowest BCUT2D eigenvalue weighted by Crippen LogP contribution is -2.26. The molecule has 37 heavy (non-hydrogen) atoms. The van der Waals surface area contributed by atoms with Crippen LogP contribution >= 0.6 is 11.8 Å². The number of hydrogen-bond donors (Lipinski definition) is 3. The number of aromatic nitrogens is 3. The zero-order valence-electron chi connectivity index (χ0n) is 19.3. The zero-order chi connectivity index (χ0) is 26.4. The van der Waals surface area contributed by atoms with Crippen molar-refractivity contribution in [3.63, 3.8) is 0 Å². The Kier molecular flexibility index (Phi) is 8.01. The molecule has 0 aliphatic heterocycles. The number of aliphatic hydroxyl groups excluding tert-OH is 1. The normalized spacial score (nSPS) is 11.4. The summed E-state index contributed by atoms with van der Waals surface area (Å²) in [7, 11) is -4.23. The van der Waals surface area contributed by atoms with E-state index in [2.05, 4.69) is 20.1 Å². The van der Waals surface area contributed by atoms with E-state index in [1.54, 1.807) is 41.0 Å². The molecule has 2 aromatic heterocycles. The molecule has 12 nitrogen and oxygen atoms in total. The minimum Gasteiger partial charge on any atom is -0.396 e. The molecule has 14 heteroatoms. The predicted octanol–water partition coefficient (Wildman–Crippen LogP) is 2.70. The molecule has 0 saturated heterocycles. The fourth-order valence-corrected chi connectivity index (χ4v) is 5.32. The molecule has 0 aliphatic rings. The number of nitro benzene ring substituents is 1. The van der Waals surface area contributed by atoms with Crippen LogP contribution in [0.15, 0.2) is 76.8 Å². The average molecular weight is 543 g/mol. The number of thioether (sulfide) groups is 1. The van der Waals surface area contributed by atoms with Gasteiger partial charge < -0.3 is 10.4 Å². The molecule has 2 heterocycles. The van der Waals surface area contributed by atoms with Crippen LogP contribution < -0.4 is 10.0 Å². The number of aliphatic hydroxyl groups is 1. The van der Waals surface area contributed by atoms with Gasteiger partial charge in [0.1, 0.15) is 5.03 Å². The Morgan fingerprint density at radius 1 is 1.14 bits per heavy atom. The highest BCUT2D eigenvalue weighted by molar-refractivity contribution is 7.99. The Bertz CT molecular complexity index is 1560. The molecule has 4 rings (SSSR count). The Labute approximate surface area is 215 Å². The molecule has 0 aliphatic carbocycles. The van der Waals surface area contributed by atoms with E-state index in [-0.39, 0.29) is 24.0 Å². The van der Waals surface area contributed by atoms with E-state index in [4.69, 9.17) is 5.11 Å². The molecule has 192 valence electrons. The van der Waals surface area contributed by atoms with E-state index >= 15 is 0 Å². The van der Waals surface area contributed by atoms with Crippen molar-refractivity contribution in [1.29, 1.82) is 0 Å². The molecular formula is C23H22N6O6S2. The summed E-state index contributed by atoms with van der Waals surface area (Å²) >= 11 is 1.24. The van der Waals surface area contributed by atoms with E-state index in [0.717, 1.165) is 6.07 Å². The number of benzene rings is 2. The number of fused-ring (bicyclic) bond motifs is 1. The second kappa shape index (κ2) is 11.4. The smallest absolute Gasteiger partial charge is 0.289 e. The van der Waals surface area contributed by atoms with Crippen LogP contribution in [-0.4, -0.2) is 57.9 Å². The maximum absolute atomic E-state index is 12.9. The molecule has 2 aromatic carbocycles. The topological polar surface area (TPSA) is 169 Å². The third-order valence-electron chi connectivity index (χ3n) is 5.11. The van der Waals surface area contributed by atoms with Gasteiger partial charge in [0.25, 0.3) is 15.7 Å². The summed E-state index contributed by atoms with van der Waals surface area (Å²) in [5.74, 6) is -0.0264. The van der Waals surface area contributed by atoms with Gasteiger partial charge in [-0.3, -0.25) is 19.6 Å². The standard InChI is InChI=1S/C23H22N6O6S2/c30-12-4-11-24-22(31)15-36-23-10-9-21-25-14-19(28(21)26-23)16-5-3-6-17(13-16)27-37(34,35)20-8-2-1-7-18(20)29(32)33/h1-3,5-10,13-14,27,30H,4,11-12,15H2,(H,24,31). The molecule has 0 atom stereocenters. The first kappa shape index (κ1) is 26.1. The van der Waals surface area contributed by atoms with Gasteiger partial charge in [-0.15, -0.1) is 0 Å². The SMILES string of the molecule is O=C(CSc1ccc2ncc(-c3cccc(NS(=O)(=O)c4ccccc4[N+](=O)[O-])c3)n2n1)NCCCO. The van der Waals surface area contributed by atoms with E-state index in [1.165, 1.54) is 36.0 Å². The highest BCUT2D eigenvalue weighted by Gasteiger charge is 2.25. The molecule has 0 radical (unpaired) electrons. The van der Waals surface area contributed by atoms with Gasteiger partial charge in [-0.1, -0.05) is 36.0 Å². The number of carbonyl (C=O) groups excluding carboxylic acids is 1. The third kappa shape index (κ3) is 6.22. The summed E-state index contributed by atoms with van der Waals surface area (Å²) in [5.41, 5.74) is 1.42. The monoisotopic (exact) mass is 542 g/mol. The molecular weight excluding hydrogens is 520 g/mol. The maximum Gasteiger partial charge on any atom is 0.289 e. The van der Waals surface area contributed by atoms with Crippen LogP contribution in [0.3, 0.4) is 0 Å². The number of hydrogen-bond acceptors (Lipinski definition) is 9. The van der Waals surface area contributed by atoms with E-state index in [1.807, 2.05) is 0 Å². The van der Waals surface area contributed by atoms with Crippen molar-refractivity contribution in [2.75, 3.05) is 23.6 Å². The van der Waals surface area contributed by atoms with Crippen LogP contribution in [0.4, 0.5) is 11.4 Å². The second-order valence-electron chi connectivity index (χ2n) is 7.71. The largest absolute Gasteiger partial charge is 0.396 e. The number of anilines is 1. The number of sulfonamides is 1. The molecule has 4 aromatic rings. The Morgan fingerprint density at radius 3 is 2.73 bits per heavy atom. The molecule has 0 saturated carbocycles. The van der Waals surface area contributed by atoms with Crippen LogP contribution in [0, 0.1) is 10.1 Å². The molecule has 0 bridgehead atoms. The summed E-state index contributed by atoms with van der Waals surface area (Å²) < 4.78 is 29.8. The van der Waals surface area contributed by atoms with Crippen molar-refractivity contribution in [3.8, 4) is 11.3 Å². The number of carbonyl (C=O) groups is 1. The molecule has 0 spiro atoms. The summed E-state index contributed by atoms with van der Waals surface area (Å²) in [6.07, 6.45) is 2.07. The Morgan fingerprint density at radius 2 is 1.95 bits per heavy atom. The summed E-state index contributed by atoms with van der Waals surface area (Å²) in [6, 6.07) is 15.1. The number of nitrogens with zero attached hydrogens (tertiary/aromatic N) is 4. The number of para-hydroxylation sites is 1. The summed E-state index contributed by atoms with van der Waals surface area (Å²) in [6.45, 7) is 0.398. The zero-order valence-corrected chi connectivity index (χ0v) is 20.9. The van der Waals surface area contributed by atoms with Gasteiger partial charge in [-0.25, -0.2) is 17.9 Å². The van der Waals surface area contributed by atoms with Crippen molar-refractivity contribution in [2.24, 2.45) is 0 Å². The second-order valence-corrected chi connectivity index (χ2v) is 10.4. The van der Waals surface area contributed by atoms with Gasteiger partial charge in [0.15, 0.2) is 10.5 Å². The first-order valence-electron chi connectivity index (χ1n) is 11.0. The minimum atomic E-state index is -4.23. The van der Waals surface area contributed by atoms with Crippen LogP contribution in [0.25, 0.3) is 16.9 Å². The van der Waals surface area contributed by atoms with Crippen LogP contribution in [-0.2, 0) is 14.8 Å². The van der Waals surface area contributed by atoms with Gasteiger partial charge in [0, 0.05) is 30.5 Å². The highest BCUT2D eigenvalue weighted by atomic mass is 32.2. The van der Waals surface area contributed by atoms with Gasteiger partial charge in [0.2, 0.25) is 5.91 Å². The van der Waals surface area contributed by atoms with Crippen LogP contribution in [0.1, 0.15) is 6.42 Å². The van der Waals surface area contributed by atoms with E-state index in [0.29, 0.717) is 34.9 Å². The third-order valence-corrected chi connectivity index (χ3v) is 7.46. The first-order chi connectivity index (χ1) is 17.8. The van der Waals surface area contributed by atoms with Gasteiger partial charge in [0.05, 0.1) is 22.6 Å². The number of rotatable bonds is 11. The van der Waals surface area contributed by atoms with Gasteiger partial charge in [-0.2, -0.15) is 5.10 Å². The van der Waals surface area contributed by atoms with Crippen molar-refractivity contribution in [1.82, 2.24) is 19.9 Å². The van der Waals surface area contributed by atoms with E-state index < -0.39 is 25.5 Å². The minimum absolute atomic E-state index is 0.00385. The summed E-state index contributed by atoms with van der Waals surface area (Å²) in [5, 5.41) is 27.9. The number of nitrogens with one attached hydrogen (secondary N) is 2. The molecule has 1 amide bonds. The molecule has 3 N–H and O–H groups in total. The number of nitro groups is 1. The van der Waals surface area contributed by atoms with Crippen molar-refractivity contribution < 1.29 is 23.2 Å². The van der Waals surface area contributed by atoms with E-state index in [9.17, 15) is 23.3 Å². The molecule has 0 fully saturated rings. The van der Waals surface area contributed by atoms with Crippen LogP contribution in [0.2, 0.25) is 0 Å². The quantitative estimate of drug-likeness (QED) is 0.112. The van der Waals surface area contributed by atoms with Gasteiger partial charge in [-0.05, 0) is 36.8 Å². The Balaban J connectivity index is 1.56. The fourth-order valence-electron chi connectivity index (χ4n) is 3.42.